The van der Waals surface area contributed by atoms with Crippen LogP contribution in [0.15, 0.2) is 36.4 Å². The number of hydrogen-bond acceptors (Lipinski definition) is 3. The van der Waals surface area contributed by atoms with Gasteiger partial charge in [0, 0.05) is 31.7 Å². The quantitative estimate of drug-likeness (QED) is 0.741. The number of rotatable bonds is 6. The van der Waals surface area contributed by atoms with Gasteiger partial charge in [-0.2, -0.15) is 0 Å². The third-order valence-electron chi connectivity index (χ3n) is 5.24. The smallest absolute Gasteiger partial charge is 0.318 e. The molecule has 0 unspecified atom stereocenters. The molecule has 6 heteroatoms. The molecule has 0 aliphatic carbocycles. The number of fused-ring (bicyclic) bond motifs is 1. The van der Waals surface area contributed by atoms with Crippen LogP contribution in [0.2, 0.25) is 0 Å². The summed E-state index contributed by atoms with van der Waals surface area (Å²) < 4.78 is 0. The van der Waals surface area contributed by atoms with E-state index >= 15 is 0 Å². The summed E-state index contributed by atoms with van der Waals surface area (Å²) in [7, 11) is 3.92. The summed E-state index contributed by atoms with van der Waals surface area (Å²) >= 11 is 0. The molecular weight excluding hydrogens is 364 g/mol. The normalized spacial score (nSPS) is 16.1. The number of benzene rings is 2. The maximum Gasteiger partial charge on any atom is 0.318 e. The zero-order valence-electron chi connectivity index (χ0n) is 17.1. The zero-order valence-corrected chi connectivity index (χ0v) is 17.1. The Kier molecular flexibility index (Phi) is 6.73. The van der Waals surface area contributed by atoms with Crippen molar-refractivity contribution >= 4 is 22.7 Å². The first-order valence-electron chi connectivity index (χ1n) is 9.95. The fraction of sp³-hybridized carbons (Fsp3) is 0.391. The van der Waals surface area contributed by atoms with Gasteiger partial charge in [0.15, 0.2) is 0 Å². The average Bonchev–Trinajstić information content (AvgIpc) is 3.21. The van der Waals surface area contributed by atoms with Crippen LogP contribution in [0, 0.1) is 12.3 Å². The highest BCUT2D eigenvalue weighted by atomic mass is 16.2. The van der Waals surface area contributed by atoms with Crippen molar-refractivity contribution in [1.29, 1.82) is 0 Å². The summed E-state index contributed by atoms with van der Waals surface area (Å²) in [5.41, 5.74) is 1.81. The molecule has 0 aromatic heterocycles. The van der Waals surface area contributed by atoms with Crippen molar-refractivity contribution in [3.8, 4) is 12.3 Å². The van der Waals surface area contributed by atoms with Crippen molar-refractivity contribution in [2.75, 3.05) is 33.7 Å². The number of nitrogens with one attached hydrogen (secondary N) is 2. The van der Waals surface area contributed by atoms with Crippen LogP contribution in [0.5, 0.6) is 0 Å². The molecular formula is C23H28N4O2. The fourth-order valence-corrected chi connectivity index (χ4v) is 3.66. The molecule has 0 spiro atoms. The monoisotopic (exact) mass is 392 g/mol. The lowest BCUT2D eigenvalue weighted by atomic mass is 10.0. The molecule has 1 atom stereocenters. The number of amides is 3. The molecule has 1 aliphatic heterocycles. The molecule has 1 fully saturated rings. The summed E-state index contributed by atoms with van der Waals surface area (Å²) in [6.07, 6.45) is 7.05. The average molecular weight is 393 g/mol. The molecule has 1 saturated heterocycles. The fourth-order valence-electron chi connectivity index (χ4n) is 3.66. The van der Waals surface area contributed by atoms with E-state index in [1.807, 2.05) is 55.4 Å². The van der Waals surface area contributed by atoms with E-state index in [0.29, 0.717) is 26.1 Å². The number of nitrogens with zero attached hydrogens (tertiary/aromatic N) is 2. The van der Waals surface area contributed by atoms with Gasteiger partial charge >= 0.3 is 6.03 Å². The van der Waals surface area contributed by atoms with Gasteiger partial charge in [0.1, 0.15) is 6.04 Å². The van der Waals surface area contributed by atoms with Gasteiger partial charge in [0.25, 0.3) is 0 Å². The predicted octanol–water partition coefficient (Wildman–Crippen LogP) is 2.17. The highest BCUT2D eigenvalue weighted by molar-refractivity contribution is 5.89. The Morgan fingerprint density at radius 2 is 2.07 bits per heavy atom. The van der Waals surface area contributed by atoms with Crippen LogP contribution in [0.1, 0.15) is 24.0 Å². The number of carbonyl (C=O) groups excluding carboxylic acids is 2. The lowest BCUT2D eigenvalue weighted by Gasteiger charge is -2.24. The van der Waals surface area contributed by atoms with Gasteiger partial charge in [-0.1, -0.05) is 30.2 Å². The summed E-state index contributed by atoms with van der Waals surface area (Å²) in [6, 6.07) is 11.2. The summed E-state index contributed by atoms with van der Waals surface area (Å²) in [5.74, 6) is 2.57. The van der Waals surface area contributed by atoms with Crippen LogP contribution in [-0.4, -0.2) is 61.5 Å². The lowest BCUT2D eigenvalue weighted by Crippen LogP contribution is -2.50. The molecule has 3 amide bonds. The van der Waals surface area contributed by atoms with Crippen molar-refractivity contribution in [2.24, 2.45) is 0 Å². The molecule has 29 heavy (non-hydrogen) atoms. The summed E-state index contributed by atoms with van der Waals surface area (Å²) in [5, 5.41) is 8.02. The number of hydrogen-bond donors (Lipinski definition) is 2. The van der Waals surface area contributed by atoms with Crippen LogP contribution in [0.25, 0.3) is 10.8 Å². The molecule has 0 bridgehead atoms. The Morgan fingerprint density at radius 1 is 1.24 bits per heavy atom. The topological polar surface area (TPSA) is 64.7 Å². The second kappa shape index (κ2) is 9.44. The van der Waals surface area contributed by atoms with Gasteiger partial charge in [-0.15, -0.1) is 6.42 Å². The number of carbonyl (C=O) groups is 2. The van der Waals surface area contributed by atoms with Crippen molar-refractivity contribution in [1.82, 2.24) is 20.4 Å². The molecule has 2 N–H and O–H groups in total. The van der Waals surface area contributed by atoms with Crippen molar-refractivity contribution in [3.63, 3.8) is 0 Å². The van der Waals surface area contributed by atoms with E-state index in [0.717, 1.165) is 34.9 Å². The molecule has 6 nitrogen and oxygen atoms in total. The standard InChI is InChI=1S/C23H28N4O2/c1-4-17-10-11-18-7-5-8-19(20(18)15-17)16-25-23(29)27-13-6-9-21(27)22(28)24-12-14-26(2)3/h1,5,7-8,10-11,15,21H,6,9,12-14,16H2,2-3H3,(H,24,28)(H,25,29)/t21-/m0/s1. The first-order valence-corrected chi connectivity index (χ1v) is 9.95. The van der Waals surface area contributed by atoms with Crippen LogP contribution in [0.4, 0.5) is 4.79 Å². The molecule has 1 heterocycles. The van der Waals surface area contributed by atoms with E-state index in [4.69, 9.17) is 6.42 Å². The zero-order chi connectivity index (χ0) is 20.8. The molecule has 2 aromatic carbocycles. The van der Waals surface area contributed by atoms with Crippen molar-refractivity contribution in [2.45, 2.75) is 25.4 Å². The first kappa shape index (κ1) is 20.7. The van der Waals surface area contributed by atoms with Crippen LogP contribution >= 0.6 is 0 Å². The highest BCUT2D eigenvalue weighted by Gasteiger charge is 2.33. The molecule has 0 saturated carbocycles. The van der Waals surface area contributed by atoms with Gasteiger partial charge in [0.2, 0.25) is 5.91 Å². The number of terminal acetylenes is 1. The van der Waals surface area contributed by atoms with E-state index in [1.165, 1.54) is 0 Å². The maximum atomic E-state index is 12.8. The van der Waals surface area contributed by atoms with E-state index in [-0.39, 0.29) is 11.9 Å². The SMILES string of the molecule is C#Cc1ccc2cccc(CNC(=O)N3CCC[C@H]3C(=O)NCCN(C)C)c2c1. The number of likely N-dealkylation sites (tertiary alicyclic amines) is 1. The minimum atomic E-state index is -0.405. The number of likely N-dealkylation sites (N-methyl/N-ethyl adjacent to an activating group) is 1. The van der Waals surface area contributed by atoms with Crippen molar-refractivity contribution in [3.05, 3.63) is 47.5 Å². The second-order valence-electron chi connectivity index (χ2n) is 7.60. The lowest BCUT2D eigenvalue weighted by molar-refractivity contribution is -0.124. The highest BCUT2D eigenvalue weighted by Crippen LogP contribution is 2.21. The Balaban J connectivity index is 1.64. The first-order chi connectivity index (χ1) is 14.0. The van der Waals surface area contributed by atoms with E-state index in [2.05, 4.69) is 16.6 Å². The molecule has 152 valence electrons. The van der Waals surface area contributed by atoms with Crippen molar-refractivity contribution < 1.29 is 9.59 Å². The number of urea groups is 1. The van der Waals surface area contributed by atoms with Crippen LogP contribution < -0.4 is 10.6 Å². The largest absolute Gasteiger partial charge is 0.353 e. The Hall–Kier alpha value is -3.04. The summed E-state index contributed by atoms with van der Waals surface area (Å²) in [4.78, 5) is 28.9. The third-order valence-corrected chi connectivity index (χ3v) is 5.24. The molecule has 3 rings (SSSR count). The van der Waals surface area contributed by atoms with Gasteiger partial charge in [-0.05, 0) is 55.4 Å². The van der Waals surface area contributed by atoms with Gasteiger partial charge in [-0.25, -0.2) is 4.79 Å². The van der Waals surface area contributed by atoms with Gasteiger partial charge in [0.05, 0.1) is 0 Å². The van der Waals surface area contributed by atoms with Crippen LogP contribution in [-0.2, 0) is 11.3 Å². The Morgan fingerprint density at radius 3 is 2.83 bits per heavy atom. The van der Waals surface area contributed by atoms with Gasteiger partial charge < -0.3 is 20.4 Å². The van der Waals surface area contributed by atoms with Crippen LogP contribution in [0.3, 0.4) is 0 Å². The second-order valence-corrected chi connectivity index (χ2v) is 7.60. The molecule has 0 radical (unpaired) electrons. The predicted molar refractivity (Wildman–Crippen MR) is 115 cm³/mol. The maximum absolute atomic E-state index is 12.8. The van der Waals surface area contributed by atoms with Gasteiger partial charge in [-0.3, -0.25) is 4.79 Å². The van der Waals surface area contributed by atoms with E-state index in [1.54, 1.807) is 4.90 Å². The Bertz CT molecular complexity index is 932. The molecule has 2 aromatic rings. The third kappa shape index (κ3) is 5.07. The minimum absolute atomic E-state index is 0.0803. The minimum Gasteiger partial charge on any atom is -0.353 e. The van der Waals surface area contributed by atoms with E-state index < -0.39 is 6.04 Å². The molecule has 1 aliphatic rings. The van der Waals surface area contributed by atoms with E-state index in [9.17, 15) is 9.59 Å². The Labute approximate surface area is 172 Å². The summed E-state index contributed by atoms with van der Waals surface area (Å²) in [6.45, 7) is 2.32.